The lowest BCUT2D eigenvalue weighted by Crippen LogP contribution is -2.25. The van der Waals surface area contributed by atoms with E-state index in [4.69, 9.17) is 9.72 Å². The van der Waals surface area contributed by atoms with Crippen molar-refractivity contribution in [2.45, 2.75) is 66.4 Å². The number of nitrogens with one attached hydrogen (secondary N) is 1. The third-order valence-electron chi connectivity index (χ3n) is 3.91. The van der Waals surface area contributed by atoms with E-state index < -0.39 is 0 Å². The molecule has 0 aliphatic rings. The predicted molar refractivity (Wildman–Crippen MR) is 104 cm³/mol. The molecule has 0 fully saturated rings. The van der Waals surface area contributed by atoms with Gasteiger partial charge in [0.2, 0.25) is 0 Å². The van der Waals surface area contributed by atoms with Gasteiger partial charge in [0, 0.05) is 24.0 Å². The van der Waals surface area contributed by atoms with E-state index in [2.05, 4.69) is 31.1 Å². The van der Waals surface area contributed by atoms with Crippen LogP contribution in [0.15, 0.2) is 0 Å². The number of carbonyl (C=O) groups excluding carboxylic acids is 1. The van der Waals surface area contributed by atoms with Crippen molar-refractivity contribution in [1.29, 1.82) is 0 Å². The molecule has 2 aromatic rings. The summed E-state index contributed by atoms with van der Waals surface area (Å²) in [6.07, 6.45) is 1.03. The fraction of sp³-hybridized carbons (Fsp3) is 0.632. The molecule has 5 nitrogen and oxygen atoms in total. The molecule has 0 aliphatic heterocycles. The molecule has 0 aliphatic carbocycles. The van der Waals surface area contributed by atoms with Crippen LogP contribution in [0.5, 0.6) is 0 Å². The molecule has 2 rings (SSSR count). The van der Waals surface area contributed by atoms with Gasteiger partial charge in [-0.05, 0) is 39.7 Å². The number of rotatable bonds is 6. The van der Waals surface area contributed by atoms with Crippen LogP contribution in [0.4, 0.5) is 0 Å². The molecule has 1 amide bonds. The average Bonchev–Trinajstić information content (AvgIpc) is 2.83. The summed E-state index contributed by atoms with van der Waals surface area (Å²) in [4.78, 5) is 23.5. The maximum atomic E-state index is 12.5. The third kappa shape index (κ3) is 4.76. The monoisotopic (exact) mass is 363 g/mol. The first-order valence-corrected chi connectivity index (χ1v) is 9.61. The highest BCUT2D eigenvalue weighted by Gasteiger charge is 2.23. The van der Waals surface area contributed by atoms with Gasteiger partial charge in [0.25, 0.3) is 5.91 Å². The van der Waals surface area contributed by atoms with Gasteiger partial charge in [0.1, 0.15) is 10.7 Å². The van der Waals surface area contributed by atoms with Crippen molar-refractivity contribution in [2.75, 3.05) is 13.2 Å². The highest BCUT2D eigenvalue weighted by atomic mass is 32.1. The van der Waals surface area contributed by atoms with E-state index in [1.165, 1.54) is 11.3 Å². The Kier molecular flexibility index (Phi) is 6.16. The van der Waals surface area contributed by atoms with E-state index in [0.29, 0.717) is 13.2 Å². The van der Waals surface area contributed by atoms with Crippen LogP contribution in [0.2, 0.25) is 0 Å². The quantitative estimate of drug-likeness (QED) is 0.783. The molecular formula is C19H29N3O2S. The summed E-state index contributed by atoms with van der Waals surface area (Å²) in [7, 11) is 0. The Morgan fingerprint density at radius 1 is 1.24 bits per heavy atom. The Morgan fingerprint density at radius 3 is 2.52 bits per heavy atom. The predicted octanol–water partition coefficient (Wildman–Crippen LogP) is 4.15. The molecule has 6 heteroatoms. The summed E-state index contributed by atoms with van der Waals surface area (Å²) in [5, 5.41) is 3.99. The van der Waals surface area contributed by atoms with Crippen molar-refractivity contribution in [3.05, 3.63) is 22.0 Å². The van der Waals surface area contributed by atoms with Gasteiger partial charge in [-0.15, -0.1) is 11.3 Å². The van der Waals surface area contributed by atoms with E-state index in [0.717, 1.165) is 38.6 Å². The van der Waals surface area contributed by atoms with Gasteiger partial charge in [-0.3, -0.25) is 4.79 Å². The fourth-order valence-corrected chi connectivity index (χ4v) is 3.71. The number of aryl methyl sites for hydroxylation is 2. The van der Waals surface area contributed by atoms with E-state index in [1.54, 1.807) is 0 Å². The Bertz CT molecular complexity index is 760. The minimum atomic E-state index is -0.115. The Hall–Kier alpha value is -1.53. The van der Waals surface area contributed by atoms with Crippen molar-refractivity contribution in [2.24, 2.45) is 0 Å². The van der Waals surface area contributed by atoms with Crippen molar-refractivity contribution in [3.8, 4) is 0 Å². The van der Waals surface area contributed by atoms with Crippen LogP contribution in [0, 0.1) is 13.8 Å². The molecule has 0 bridgehead atoms. The molecular weight excluding hydrogens is 334 g/mol. The van der Waals surface area contributed by atoms with Crippen LogP contribution in [-0.4, -0.2) is 35.1 Å². The lowest BCUT2D eigenvalue weighted by molar-refractivity contribution is 0.0757. The van der Waals surface area contributed by atoms with Gasteiger partial charge in [-0.25, -0.2) is 9.97 Å². The number of fused-ring (bicyclic) bond motifs is 1. The number of thiophene rings is 1. The first-order valence-electron chi connectivity index (χ1n) is 8.79. The molecule has 0 unspecified atom stereocenters. The summed E-state index contributed by atoms with van der Waals surface area (Å²) >= 11 is 1.45. The zero-order valence-electron chi connectivity index (χ0n) is 16.3. The Balaban J connectivity index is 2.17. The molecule has 138 valence electrons. The minimum Gasteiger partial charge on any atom is -0.379 e. The zero-order valence-corrected chi connectivity index (χ0v) is 17.1. The standard InChI is InChI=1S/C19H29N3O2S/c1-11(2)24-10-8-9-20-16(23)15-12(3)14-13(4)21-18(19(5,6)7)22-17(14)25-15/h11H,8-10H2,1-7H3,(H,20,23). The Labute approximate surface area is 154 Å². The van der Waals surface area contributed by atoms with Crippen molar-refractivity contribution in [3.63, 3.8) is 0 Å². The Morgan fingerprint density at radius 2 is 1.92 bits per heavy atom. The van der Waals surface area contributed by atoms with Crippen LogP contribution in [0.25, 0.3) is 10.2 Å². The summed E-state index contributed by atoms with van der Waals surface area (Å²) in [5.74, 6) is 0.776. The number of ether oxygens (including phenoxy) is 1. The highest BCUT2D eigenvalue weighted by Crippen LogP contribution is 2.33. The summed E-state index contributed by atoms with van der Waals surface area (Å²) < 4.78 is 5.49. The number of nitrogens with zero attached hydrogens (tertiary/aromatic N) is 2. The number of hydrogen-bond donors (Lipinski definition) is 1. The van der Waals surface area contributed by atoms with Crippen LogP contribution in [0.3, 0.4) is 0 Å². The normalized spacial score (nSPS) is 12.2. The molecule has 1 N–H and O–H groups in total. The van der Waals surface area contributed by atoms with Crippen molar-refractivity contribution >= 4 is 27.5 Å². The number of aromatic nitrogens is 2. The molecule has 0 aromatic carbocycles. The van der Waals surface area contributed by atoms with Gasteiger partial charge < -0.3 is 10.1 Å². The highest BCUT2D eigenvalue weighted by molar-refractivity contribution is 7.20. The van der Waals surface area contributed by atoms with Crippen LogP contribution >= 0.6 is 11.3 Å². The van der Waals surface area contributed by atoms with Crippen molar-refractivity contribution in [1.82, 2.24) is 15.3 Å². The number of carbonyl (C=O) groups is 1. The second-order valence-electron chi connectivity index (χ2n) is 7.65. The lowest BCUT2D eigenvalue weighted by atomic mass is 9.95. The molecule has 0 radical (unpaired) electrons. The second-order valence-corrected chi connectivity index (χ2v) is 8.65. The molecule has 2 aromatic heterocycles. The van der Waals surface area contributed by atoms with Gasteiger partial charge >= 0.3 is 0 Å². The van der Waals surface area contributed by atoms with Gasteiger partial charge in [-0.1, -0.05) is 20.8 Å². The zero-order chi connectivity index (χ0) is 18.8. The summed E-state index contributed by atoms with van der Waals surface area (Å²) in [5.41, 5.74) is 1.79. The maximum Gasteiger partial charge on any atom is 0.261 e. The van der Waals surface area contributed by atoms with E-state index in [-0.39, 0.29) is 17.4 Å². The van der Waals surface area contributed by atoms with Gasteiger partial charge in [0.05, 0.1) is 16.7 Å². The minimum absolute atomic E-state index is 0.0400. The van der Waals surface area contributed by atoms with Crippen LogP contribution < -0.4 is 5.32 Å². The van der Waals surface area contributed by atoms with Crippen molar-refractivity contribution < 1.29 is 9.53 Å². The lowest BCUT2D eigenvalue weighted by Gasteiger charge is -2.16. The summed E-state index contributed by atoms with van der Waals surface area (Å²) in [6.45, 7) is 15.5. The molecule has 2 heterocycles. The first kappa shape index (κ1) is 19.8. The first-order chi connectivity index (χ1) is 11.6. The van der Waals surface area contributed by atoms with E-state index in [9.17, 15) is 4.79 Å². The van der Waals surface area contributed by atoms with E-state index >= 15 is 0 Å². The van der Waals surface area contributed by atoms with Gasteiger partial charge in [-0.2, -0.15) is 0 Å². The maximum absolute atomic E-state index is 12.5. The smallest absolute Gasteiger partial charge is 0.261 e. The number of hydrogen-bond acceptors (Lipinski definition) is 5. The SMILES string of the molecule is Cc1nc(C(C)(C)C)nc2sc(C(=O)NCCCOC(C)C)c(C)c12. The molecule has 0 saturated carbocycles. The molecule has 0 atom stereocenters. The van der Waals surface area contributed by atoms with Crippen LogP contribution in [0.1, 0.15) is 67.8 Å². The second kappa shape index (κ2) is 7.79. The van der Waals surface area contributed by atoms with E-state index in [1.807, 2.05) is 27.7 Å². The fourth-order valence-electron chi connectivity index (χ4n) is 2.56. The topological polar surface area (TPSA) is 64.1 Å². The van der Waals surface area contributed by atoms with Gasteiger partial charge in [0.15, 0.2) is 0 Å². The molecule has 0 spiro atoms. The molecule has 0 saturated heterocycles. The average molecular weight is 364 g/mol. The number of amides is 1. The summed E-state index contributed by atoms with van der Waals surface area (Å²) in [6, 6.07) is 0. The third-order valence-corrected chi connectivity index (χ3v) is 5.09. The largest absolute Gasteiger partial charge is 0.379 e. The van der Waals surface area contributed by atoms with Crippen LogP contribution in [-0.2, 0) is 10.2 Å². The molecule has 25 heavy (non-hydrogen) atoms.